The van der Waals surface area contributed by atoms with E-state index < -0.39 is 117 Å². The van der Waals surface area contributed by atoms with Gasteiger partial charge in [0.1, 0.15) is 71.9 Å². The van der Waals surface area contributed by atoms with Gasteiger partial charge in [0.15, 0.2) is 24.3 Å². The predicted molar refractivity (Wildman–Crippen MR) is 256 cm³/mol. The minimum absolute atomic E-state index is 0.0238. The minimum atomic E-state index is -1.60. The summed E-state index contributed by atoms with van der Waals surface area (Å²) in [7, 11) is 0. The molecule has 1 aliphatic carbocycles. The van der Waals surface area contributed by atoms with Gasteiger partial charge in [-0.1, -0.05) is 30.7 Å². The first-order valence-corrected chi connectivity index (χ1v) is 24.4. The van der Waals surface area contributed by atoms with E-state index in [1.54, 1.807) is 42.8 Å². The van der Waals surface area contributed by atoms with Crippen molar-refractivity contribution in [3.63, 3.8) is 0 Å². The van der Waals surface area contributed by atoms with Gasteiger partial charge in [-0.05, 0) is 61.7 Å². The van der Waals surface area contributed by atoms with E-state index in [9.17, 15) is 60.0 Å². The van der Waals surface area contributed by atoms with E-state index >= 15 is 0 Å². The number of nitrogens with one attached hydrogen (secondary N) is 2. The largest absolute Gasteiger partial charge is 0.508 e. The maximum absolute atomic E-state index is 12.6. The second-order valence-electron chi connectivity index (χ2n) is 17.9. The third kappa shape index (κ3) is 13.0. The fourth-order valence-electron chi connectivity index (χ4n) is 9.03. The van der Waals surface area contributed by atoms with Crippen molar-refractivity contribution in [2.75, 3.05) is 26.4 Å². The molecule has 3 fully saturated rings. The van der Waals surface area contributed by atoms with Gasteiger partial charge in [-0.2, -0.15) is 0 Å². The van der Waals surface area contributed by atoms with Crippen molar-refractivity contribution in [3.8, 4) is 28.2 Å². The maximum Gasteiger partial charge on any atom is 0.336 e. The first-order chi connectivity index (χ1) is 34.5. The lowest BCUT2D eigenvalue weighted by Crippen LogP contribution is -2.70. The van der Waals surface area contributed by atoms with Crippen LogP contribution >= 0.6 is 11.8 Å². The molecule has 72 heavy (non-hydrogen) atoms. The van der Waals surface area contributed by atoms with Crippen LogP contribution in [0.1, 0.15) is 63.2 Å². The molecular formula is C49H61N3O19S. The van der Waals surface area contributed by atoms with Gasteiger partial charge in [-0.15, -0.1) is 0 Å². The van der Waals surface area contributed by atoms with Crippen molar-refractivity contribution in [1.29, 1.82) is 0 Å². The number of nitrogens with zero attached hydrogens (tertiary/aromatic N) is 1. The molecule has 2 aromatic rings. The third-order valence-corrected chi connectivity index (χ3v) is 13.4. The van der Waals surface area contributed by atoms with E-state index in [0.29, 0.717) is 52.8 Å². The number of unbranched alkanes of at least 4 members (excludes halogenated alkanes) is 3. The number of fused-ring (bicyclic) bond motifs is 2. The van der Waals surface area contributed by atoms with Crippen LogP contribution in [0.15, 0.2) is 73.7 Å². The van der Waals surface area contributed by atoms with E-state index in [2.05, 4.69) is 15.6 Å². The van der Waals surface area contributed by atoms with Gasteiger partial charge >= 0.3 is 5.97 Å². The molecule has 2 aromatic carbocycles. The molecule has 392 valence electrons. The number of rotatable bonds is 20. The standard InChI is InChI=1S/C49H61N3O19S/c1-23-33(59)19-34(60)47(66-23)71-45-41(52-25(3)56)49(68-37(20-53)42(45)61)70-44-38(21-54)69-48(40(43(44)62)51-24(2)55)65-15-7-5-4-6-14-50-22-72-28-10-13-29(32(18-28)46(63)64)39-30-11-8-26(57)16-35(30)67-36-17-27(58)9-12-31(36)39/h8-13,16-18,22-23,33-34,37-38,40-45,47-49,53-54,57,59-62H,4-7,14-15,19-21H2,1-3H3,(H,51,55)(H,52,56)(H,63,64)/t23-,33+,34+,37-,38-,40-,41-,42+,43-,44-,45-,47+,48-,49+/m1/s1. The fraction of sp³-hybridized carbons (Fsp3) is 0.531. The van der Waals surface area contributed by atoms with Crippen molar-refractivity contribution in [2.24, 2.45) is 4.99 Å². The average molecular weight is 1030 g/mol. The summed E-state index contributed by atoms with van der Waals surface area (Å²) in [6, 6.07) is 11.2. The highest BCUT2D eigenvalue weighted by Gasteiger charge is 2.53. The number of carboxylic acid groups (broad SMARTS) is 1. The van der Waals surface area contributed by atoms with E-state index in [4.69, 9.17) is 32.8 Å². The summed E-state index contributed by atoms with van der Waals surface area (Å²) in [5.41, 5.74) is 3.15. The monoisotopic (exact) mass is 1030 g/mol. The lowest BCUT2D eigenvalue weighted by molar-refractivity contribution is -0.351. The highest BCUT2D eigenvalue weighted by atomic mass is 32.2. The summed E-state index contributed by atoms with van der Waals surface area (Å²) >= 11 is 1.25. The molecule has 0 spiro atoms. The number of aromatic carboxylic acids is 1. The Bertz CT molecular complexity index is 2560. The molecule has 14 atom stereocenters. The Morgan fingerprint density at radius 1 is 0.778 bits per heavy atom. The minimum Gasteiger partial charge on any atom is -0.508 e. The zero-order valence-electron chi connectivity index (χ0n) is 39.6. The predicted octanol–water partition coefficient (Wildman–Crippen LogP) is 1.46. The van der Waals surface area contributed by atoms with Crippen LogP contribution in [-0.4, -0.2) is 176 Å². The molecule has 0 unspecified atom stereocenters. The average Bonchev–Trinajstić information content (AvgIpc) is 3.33. The summed E-state index contributed by atoms with van der Waals surface area (Å²) in [4.78, 5) is 54.7. The summed E-state index contributed by atoms with van der Waals surface area (Å²) < 4.78 is 41.7. The molecule has 3 saturated heterocycles. The molecule has 0 saturated carbocycles. The van der Waals surface area contributed by atoms with Gasteiger partial charge in [-0.25, -0.2) is 4.79 Å². The van der Waals surface area contributed by atoms with Gasteiger partial charge in [0.25, 0.3) is 0 Å². The van der Waals surface area contributed by atoms with Crippen LogP contribution in [0.2, 0.25) is 0 Å². The van der Waals surface area contributed by atoms with Crippen molar-refractivity contribution in [2.45, 2.75) is 144 Å². The van der Waals surface area contributed by atoms with Crippen LogP contribution in [0.5, 0.6) is 5.75 Å². The normalized spacial score (nSPS) is 29.9. The Morgan fingerprint density at radius 3 is 2.19 bits per heavy atom. The van der Waals surface area contributed by atoms with Crippen molar-refractivity contribution in [1.82, 2.24) is 10.6 Å². The molecule has 4 aliphatic heterocycles. The quantitative estimate of drug-likeness (QED) is 0.0197. The summed E-state index contributed by atoms with van der Waals surface area (Å²) in [5, 5.41) is 90.5. The highest BCUT2D eigenvalue weighted by molar-refractivity contribution is 8.12. The Morgan fingerprint density at radius 2 is 1.47 bits per heavy atom. The second-order valence-corrected chi connectivity index (χ2v) is 18.8. The van der Waals surface area contributed by atoms with Crippen molar-refractivity contribution >= 4 is 46.1 Å². The molecule has 2 amide bonds. The third-order valence-electron chi connectivity index (χ3n) is 12.6. The molecule has 0 radical (unpaired) electrons. The van der Waals surface area contributed by atoms with Gasteiger partial charge in [0.2, 0.25) is 11.8 Å². The van der Waals surface area contributed by atoms with Gasteiger partial charge < -0.3 is 84.3 Å². The van der Waals surface area contributed by atoms with Crippen molar-refractivity contribution in [3.05, 3.63) is 70.4 Å². The van der Waals surface area contributed by atoms with Crippen LogP contribution in [0.3, 0.4) is 0 Å². The molecule has 4 heterocycles. The number of thioether (sulfide) groups is 1. The molecule has 10 N–H and O–H groups in total. The number of amides is 2. The van der Waals surface area contributed by atoms with Gasteiger partial charge in [-0.3, -0.25) is 19.4 Å². The number of carbonyl (C=O) groups excluding carboxylic acids is 2. The Hall–Kier alpha value is -5.12. The summed E-state index contributed by atoms with van der Waals surface area (Å²) in [5.74, 6) is -2.12. The Balaban J connectivity index is 0.919. The number of carboxylic acids is 1. The smallest absolute Gasteiger partial charge is 0.336 e. The zero-order valence-corrected chi connectivity index (χ0v) is 40.5. The summed E-state index contributed by atoms with van der Waals surface area (Å²) in [6.07, 6.45) is -13.4. The molecule has 7 rings (SSSR count). The number of aliphatic hydroxyl groups is 6. The second kappa shape index (κ2) is 24.7. The zero-order chi connectivity index (χ0) is 51.8. The molecule has 23 heteroatoms. The Labute approximate surface area is 417 Å². The topological polar surface area (TPSA) is 335 Å². The van der Waals surface area contributed by atoms with E-state index in [1.165, 1.54) is 49.9 Å². The van der Waals surface area contributed by atoms with Crippen molar-refractivity contribution < 1.29 is 88.1 Å². The molecule has 5 aliphatic rings. The molecule has 0 aromatic heterocycles. The number of hydrogen-bond acceptors (Lipinski definition) is 20. The molecular weight excluding hydrogens is 967 g/mol. The van der Waals surface area contributed by atoms with Gasteiger partial charge in [0, 0.05) is 67.0 Å². The lowest BCUT2D eigenvalue weighted by atomic mass is 9.91. The van der Waals surface area contributed by atoms with Crippen LogP contribution < -0.4 is 16.1 Å². The Kier molecular flexibility index (Phi) is 18.8. The maximum atomic E-state index is 12.6. The van der Waals surface area contributed by atoms with Crippen LogP contribution in [0.4, 0.5) is 0 Å². The molecule has 0 bridgehead atoms. The first-order valence-electron chi connectivity index (χ1n) is 23.6. The fourth-order valence-corrected chi connectivity index (χ4v) is 9.66. The number of aliphatic imine (C=N–C) groups is 1. The lowest BCUT2D eigenvalue weighted by Gasteiger charge is -2.49. The number of phenolic OH excluding ortho intramolecular Hbond substituents is 1. The van der Waals surface area contributed by atoms with E-state index in [1.807, 2.05) is 0 Å². The highest BCUT2D eigenvalue weighted by Crippen LogP contribution is 2.43. The van der Waals surface area contributed by atoms with Gasteiger partial charge in [0.05, 0.1) is 36.5 Å². The number of ether oxygens (including phenoxy) is 6. The first kappa shape index (κ1) is 54.6. The number of aromatic hydroxyl groups is 1. The number of phenols is 1. The SMILES string of the molecule is CC(=O)N[C@H]1[C@H](OCCCCCCN=CSc2ccc(-c3c4ccc(=O)cc-4oc4cc(O)ccc34)c(C(=O)O)c2)O[C@H](CO)[C@@H](O[C@@H]2O[C@H](CO)[C@H](O)[C@H](O[C@@H]3O[C@H](C)[C@@H](O)C[C@@H]3O)[C@H]2NC(C)=O)[C@@H]1O. The van der Waals surface area contributed by atoms with E-state index in [-0.39, 0.29) is 41.1 Å². The number of aliphatic hydroxyl groups excluding tert-OH is 6. The van der Waals surface area contributed by atoms with E-state index in [0.717, 1.165) is 6.42 Å². The van der Waals surface area contributed by atoms with Crippen LogP contribution in [0, 0.1) is 0 Å². The molecule has 22 nitrogen and oxygen atoms in total. The summed E-state index contributed by atoms with van der Waals surface area (Å²) in [6.45, 7) is 3.13. The number of hydrogen-bond donors (Lipinski definition) is 10. The van der Waals surface area contributed by atoms with Crippen LogP contribution in [-0.2, 0) is 38.0 Å². The number of benzene rings is 3. The number of carbonyl (C=O) groups is 3. The van der Waals surface area contributed by atoms with Crippen LogP contribution in [0.25, 0.3) is 33.4 Å².